The molecule has 1 nitrogen and oxygen atoms in total. The zero-order chi connectivity index (χ0) is 15.1. The minimum absolute atomic E-state index is 0.0453. The smallest absolute Gasteiger partial charge is 0.316 e. The van der Waals surface area contributed by atoms with Gasteiger partial charge in [0.25, 0.3) is 0 Å². The van der Waals surface area contributed by atoms with E-state index in [1.807, 2.05) is 18.2 Å². The summed E-state index contributed by atoms with van der Waals surface area (Å²) < 4.78 is 38.4. The molecule has 2 aromatic rings. The van der Waals surface area contributed by atoms with Crippen molar-refractivity contribution in [2.24, 2.45) is 5.73 Å². The van der Waals surface area contributed by atoms with E-state index in [-0.39, 0.29) is 11.0 Å². The fraction of sp³-hybridized carbons (Fsp3) is 0.375. The van der Waals surface area contributed by atoms with E-state index in [9.17, 15) is 13.2 Å². The van der Waals surface area contributed by atoms with Crippen molar-refractivity contribution >= 4 is 10.8 Å². The molecule has 0 saturated heterocycles. The molecular formula is C16H18F3N. The summed E-state index contributed by atoms with van der Waals surface area (Å²) in [5, 5.41) is 1.35. The van der Waals surface area contributed by atoms with Crippen LogP contribution in [0.25, 0.3) is 10.8 Å². The van der Waals surface area contributed by atoms with Crippen molar-refractivity contribution < 1.29 is 13.2 Å². The Balaban J connectivity index is 2.60. The number of fused-ring (bicyclic) bond motifs is 1. The molecule has 0 aromatic heterocycles. The second-order valence-corrected chi connectivity index (χ2v) is 6.05. The maximum atomic E-state index is 12.8. The summed E-state index contributed by atoms with van der Waals surface area (Å²) in [7, 11) is 0. The minimum atomic E-state index is -4.43. The van der Waals surface area contributed by atoms with Gasteiger partial charge in [0.15, 0.2) is 0 Å². The summed E-state index contributed by atoms with van der Waals surface area (Å²) in [4.78, 5) is 0. The van der Waals surface area contributed by atoms with Crippen LogP contribution in [0.15, 0.2) is 36.4 Å². The Morgan fingerprint density at radius 3 is 2.20 bits per heavy atom. The SMILES string of the molecule is CC(C)(C)c1ccc2c([C@H](N)C(F)(F)F)cccc2c1. The molecule has 4 heteroatoms. The predicted molar refractivity (Wildman–Crippen MR) is 75.6 cm³/mol. The molecule has 2 N–H and O–H groups in total. The van der Waals surface area contributed by atoms with Crippen molar-refractivity contribution in [3.63, 3.8) is 0 Å². The molecule has 20 heavy (non-hydrogen) atoms. The highest BCUT2D eigenvalue weighted by Gasteiger charge is 2.38. The summed E-state index contributed by atoms with van der Waals surface area (Å²) >= 11 is 0. The average molecular weight is 281 g/mol. The molecule has 2 rings (SSSR count). The first-order chi connectivity index (χ1) is 9.10. The first kappa shape index (κ1) is 14.9. The van der Waals surface area contributed by atoms with Gasteiger partial charge in [-0.3, -0.25) is 0 Å². The third kappa shape index (κ3) is 2.80. The van der Waals surface area contributed by atoms with Gasteiger partial charge in [-0.15, -0.1) is 0 Å². The number of benzene rings is 2. The maximum Gasteiger partial charge on any atom is 0.407 e. The molecule has 0 aliphatic rings. The second-order valence-electron chi connectivity index (χ2n) is 6.05. The fourth-order valence-electron chi connectivity index (χ4n) is 2.22. The van der Waals surface area contributed by atoms with Crippen LogP contribution in [-0.4, -0.2) is 6.18 Å². The lowest BCUT2D eigenvalue weighted by molar-refractivity contribution is -0.148. The number of nitrogens with two attached hydrogens (primary N) is 1. The Morgan fingerprint density at radius 2 is 1.65 bits per heavy atom. The number of rotatable bonds is 1. The predicted octanol–water partition coefficient (Wildman–Crippen LogP) is 4.70. The van der Waals surface area contributed by atoms with E-state index in [2.05, 4.69) is 20.8 Å². The Labute approximate surface area is 116 Å². The first-order valence-corrected chi connectivity index (χ1v) is 6.46. The van der Waals surface area contributed by atoms with Crippen LogP contribution < -0.4 is 5.73 Å². The summed E-state index contributed by atoms with van der Waals surface area (Å²) in [5.41, 5.74) is 6.50. The molecule has 0 fully saturated rings. The molecule has 0 unspecified atom stereocenters. The van der Waals surface area contributed by atoms with Crippen molar-refractivity contribution in [3.8, 4) is 0 Å². The molecule has 0 bridgehead atoms. The molecule has 0 saturated carbocycles. The minimum Gasteiger partial charge on any atom is -0.316 e. The Kier molecular flexibility index (Phi) is 3.54. The van der Waals surface area contributed by atoms with Gasteiger partial charge in [0.2, 0.25) is 0 Å². The molecule has 108 valence electrons. The maximum absolute atomic E-state index is 12.8. The van der Waals surface area contributed by atoms with Crippen LogP contribution in [0.4, 0.5) is 13.2 Å². The van der Waals surface area contributed by atoms with E-state index >= 15 is 0 Å². The van der Waals surface area contributed by atoms with Crippen LogP contribution in [0.1, 0.15) is 37.9 Å². The van der Waals surface area contributed by atoms with Crippen LogP contribution >= 0.6 is 0 Å². The Hall–Kier alpha value is -1.55. The van der Waals surface area contributed by atoms with Gasteiger partial charge < -0.3 is 5.73 Å². The highest BCUT2D eigenvalue weighted by molar-refractivity contribution is 5.87. The van der Waals surface area contributed by atoms with E-state index in [4.69, 9.17) is 5.73 Å². The number of hydrogen-bond acceptors (Lipinski definition) is 1. The highest BCUT2D eigenvalue weighted by atomic mass is 19.4. The fourth-order valence-corrected chi connectivity index (χ4v) is 2.22. The van der Waals surface area contributed by atoms with Crippen molar-refractivity contribution in [2.75, 3.05) is 0 Å². The quantitative estimate of drug-likeness (QED) is 0.805. The summed E-state index contributed by atoms with van der Waals surface area (Å²) in [6, 6.07) is 8.46. The molecule has 0 spiro atoms. The molecule has 0 aliphatic carbocycles. The van der Waals surface area contributed by atoms with Crippen molar-refractivity contribution in [2.45, 2.75) is 38.4 Å². The molecule has 0 amide bonds. The van der Waals surface area contributed by atoms with Gasteiger partial charge in [-0.05, 0) is 27.3 Å². The molecule has 0 aliphatic heterocycles. The number of hydrogen-bond donors (Lipinski definition) is 1. The normalized spacial score (nSPS) is 14.6. The Morgan fingerprint density at radius 1 is 1.00 bits per heavy atom. The van der Waals surface area contributed by atoms with Gasteiger partial charge in [-0.1, -0.05) is 57.2 Å². The van der Waals surface area contributed by atoms with Crippen LogP contribution in [0.5, 0.6) is 0 Å². The molecule has 0 radical (unpaired) electrons. The van der Waals surface area contributed by atoms with Gasteiger partial charge in [-0.2, -0.15) is 13.2 Å². The van der Waals surface area contributed by atoms with E-state index < -0.39 is 12.2 Å². The topological polar surface area (TPSA) is 26.0 Å². The third-order valence-corrected chi connectivity index (χ3v) is 3.47. The zero-order valence-corrected chi connectivity index (χ0v) is 11.8. The van der Waals surface area contributed by atoms with Gasteiger partial charge in [0.1, 0.15) is 6.04 Å². The molecule has 0 heterocycles. The Bertz CT molecular complexity index is 624. The average Bonchev–Trinajstić information content (AvgIpc) is 2.34. The summed E-state index contributed by atoms with van der Waals surface area (Å²) in [6.45, 7) is 6.21. The van der Waals surface area contributed by atoms with Crippen molar-refractivity contribution in [3.05, 3.63) is 47.5 Å². The molecular weight excluding hydrogens is 263 g/mol. The van der Waals surface area contributed by atoms with Gasteiger partial charge in [-0.25, -0.2) is 0 Å². The van der Waals surface area contributed by atoms with Crippen LogP contribution in [0, 0.1) is 0 Å². The van der Waals surface area contributed by atoms with E-state index in [0.29, 0.717) is 5.39 Å². The van der Waals surface area contributed by atoms with Gasteiger partial charge in [0.05, 0.1) is 0 Å². The monoisotopic (exact) mass is 281 g/mol. The van der Waals surface area contributed by atoms with Gasteiger partial charge in [0, 0.05) is 0 Å². The second kappa shape index (κ2) is 4.77. The number of halogens is 3. The van der Waals surface area contributed by atoms with E-state index in [1.54, 1.807) is 12.1 Å². The largest absolute Gasteiger partial charge is 0.407 e. The van der Waals surface area contributed by atoms with Crippen LogP contribution in [0.3, 0.4) is 0 Å². The lowest BCUT2D eigenvalue weighted by Gasteiger charge is -2.21. The van der Waals surface area contributed by atoms with Crippen LogP contribution in [-0.2, 0) is 5.41 Å². The molecule has 1 atom stereocenters. The van der Waals surface area contributed by atoms with Crippen molar-refractivity contribution in [1.29, 1.82) is 0 Å². The summed E-state index contributed by atoms with van der Waals surface area (Å²) in [5.74, 6) is 0. The van der Waals surface area contributed by atoms with E-state index in [0.717, 1.165) is 10.9 Å². The number of alkyl halides is 3. The lowest BCUT2D eigenvalue weighted by atomic mass is 9.85. The zero-order valence-electron chi connectivity index (χ0n) is 11.8. The lowest BCUT2D eigenvalue weighted by Crippen LogP contribution is -2.28. The highest BCUT2D eigenvalue weighted by Crippen LogP contribution is 2.35. The third-order valence-electron chi connectivity index (χ3n) is 3.47. The van der Waals surface area contributed by atoms with E-state index in [1.165, 1.54) is 6.07 Å². The first-order valence-electron chi connectivity index (χ1n) is 6.46. The summed E-state index contributed by atoms with van der Waals surface area (Å²) in [6.07, 6.45) is -4.43. The molecule has 2 aromatic carbocycles. The standard InChI is InChI=1S/C16H18F3N/c1-15(2,3)11-7-8-12-10(9-11)5-4-6-13(12)14(20)16(17,18)19/h4-9,14H,20H2,1-3H3/t14-/m0/s1. The van der Waals surface area contributed by atoms with Crippen molar-refractivity contribution in [1.82, 2.24) is 0 Å². The van der Waals surface area contributed by atoms with Gasteiger partial charge >= 0.3 is 6.18 Å². The van der Waals surface area contributed by atoms with Crippen LogP contribution in [0.2, 0.25) is 0 Å².